The summed E-state index contributed by atoms with van der Waals surface area (Å²) in [6, 6.07) is 9.21. The lowest BCUT2D eigenvalue weighted by molar-refractivity contribution is -0.144. The summed E-state index contributed by atoms with van der Waals surface area (Å²) < 4.78 is 45.6. The Morgan fingerprint density at radius 3 is 2.30 bits per heavy atom. The van der Waals surface area contributed by atoms with Crippen molar-refractivity contribution in [2.45, 2.75) is 6.54 Å². The van der Waals surface area contributed by atoms with Gasteiger partial charge in [-0.3, -0.25) is 9.59 Å². The standard InChI is InChI=1S/C19H17F3N2O3/c20-14-5-3-6-15(21)13(14)8-23-19(26)12-9-24(10-12)18(25)11-27-17-7-2-1-4-16(17)22/h1-7,12H,8-11H2,(H,23,26). The van der Waals surface area contributed by atoms with Crippen molar-refractivity contribution in [1.82, 2.24) is 10.2 Å². The maximum atomic E-state index is 13.5. The van der Waals surface area contributed by atoms with Gasteiger partial charge in [-0.1, -0.05) is 18.2 Å². The van der Waals surface area contributed by atoms with Crippen LogP contribution >= 0.6 is 0 Å². The van der Waals surface area contributed by atoms with Gasteiger partial charge in [0.15, 0.2) is 18.2 Å². The van der Waals surface area contributed by atoms with Crippen LogP contribution in [0.5, 0.6) is 5.75 Å². The molecular weight excluding hydrogens is 361 g/mol. The van der Waals surface area contributed by atoms with E-state index in [-0.39, 0.29) is 43.5 Å². The third-order valence-corrected chi connectivity index (χ3v) is 4.29. The summed E-state index contributed by atoms with van der Waals surface area (Å²) in [4.78, 5) is 25.4. The monoisotopic (exact) mass is 378 g/mol. The Morgan fingerprint density at radius 2 is 1.63 bits per heavy atom. The molecule has 2 aromatic rings. The highest BCUT2D eigenvalue weighted by Crippen LogP contribution is 2.19. The zero-order valence-electron chi connectivity index (χ0n) is 14.3. The number of carbonyl (C=O) groups excluding carboxylic acids is 2. The number of nitrogens with zero attached hydrogens (tertiary/aromatic N) is 1. The Kier molecular flexibility index (Phi) is 5.63. The molecule has 0 radical (unpaired) electrons. The van der Waals surface area contributed by atoms with E-state index >= 15 is 0 Å². The molecule has 0 aromatic heterocycles. The number of halogens is 3. The molecule has 0 bridgehead atoms. The van der Waals surface area contributed by atoms with Crippen LogP contribution in [-0.2, 0) is 16.1 Å². The highest BCUT2D eigenvalue weighted by Gasteiger charge is 2.35. The molecule has 1 aliphatic rings. The first-order valence-corrected chi connectivity index (χ1v) is 8.31. The summed E-state index contributed by atoms with van der Waals surface area (Å²) in [6.07, 6.45) is 0. The summed E-state index contributed by atoms with van der Waals surface area (Å²) in [6.45, 7) is -0.260. The predicted octanol–water partition coefficient (Wildman–Crippen LogP) is 2.26. The molecule has 1 aliphatic heterocycles. The Morgan fingerprint density at radius 1 is 1.00 bits per heavy atom. The number of nitrogens with one attached hydrogen (secondary N) is 1. The molecule has 0 saturated carbocycles. The molecule has 5 nitrogen and oxygen atoms in total. The highest BCUT2D eigenvalue weighted by atomic mass is 19.1. The van der Waals surface area contributed by atoms with Crippen LogP contribution in [0.25, 0.3) is 0 Å². The van der Waals surface area contributed by atoms with E-state index < -0.39 is 29.3 Å². The number of likely N-dealkylation sites (tertiary alicyclic amines) is 1. The molecular formula is C19H17F3N2O3. The van der Waals surface area contributed by atoms with Crippen LogP contribution in [0.4, 0.5) is 13.2 Å². The number of amides is 2. The van der Waals surface area contributed by atoms with Crippen molar-refractivity contribution in [1.29, 1.82) is 0 Å². The third kappa shape index (κ3) is 4.39. The minimum Gasteiger partial charge on any atom is -0.481 e. The Hall–Kier alpha value is -3.03. The molecule has 2 aromatic carbocycles. The molecule has 2 amide bonds. The summed E-state index contributed by atoms with van der Waals surface area (Å²) in [5, 5.41) is 2.47. The van der Waals surface area contributed by atoms with Crippen molar-refractivity contribution >= 4 is 11.8 Å². The number of hydrogen-bond donors (Lipinski definition) is 1. The van der Waals surface area contributed by atoms with Crippen LogP contribution in [0.15, 0.2) is 42.5 Å². The zero-order valence-corrected chi connectivity index (χ0v) is 14.3. The summed E-state index contributed by atoms with van der Waals surface area (Å²) in [5.74, 6) is -3.27. The van der Waals surface area contributed by atoms with Crippen molar-refractivity contribution in [2.75, 3.05) is 19.7 Å². The first-order chi connectivity index (χ1) is 13.0. The van der Waals surface area contributed by atoms with Crippen LogP contribution in [-0.4, -0.2) is 36.4 Å². The Labute approximate surface area is 153 Å². The number of carbonyl (C=O) groups is 2. The Balaban J connectivity index is 1.43. The predicted molar refractivity (Wildman–Crippen MR) is 90.2 cm³/mol. The lowest BCUT2D eigenvalue weighted by atomic mass is 9.99. The quantitative estimate of drug-likeness (QED) is 0.839. The summed E-state index contributed by atoms with van der Waals surface area (Å²) in [5.41, 5.74) is -0.212. The van der Waals surface area contributed by atoms with Crippen molar-refractivity contribution < 1.29 is 27.5 Å². The topological polar surface area (TPSA) is 58.6 Å². The molecule has 0 spiro atoms. The normalized spacial score (nSPS) is 13.8. The van der Waals surface area contributed by atoms with Gasteiger partial charge >= 0.3 is 0 Å². The van der Waals surface area contributed by atoms with Crippen LogP contribution in [0.2, 0.25) is 0 Å². The van der Waals surface area contributed by atoms with E-state index in [1.54, 1.807) is 6.07 Å². The number of hydrogen-bond acceptors (Lipinski definition) is 3. The van der Waals surface area contributed by atoms with Crippen molar-refractivity contribution in [3.05, 3.63) is 65.5 Å². The molecule has 1 saturated heterocycles. The van der Waals surface area contributed by atoms with Gasteiger partial charge in [-0.2, -0.15) is 0 Å². The van der Waals surface area contributed by atoms with E-state index in [0.717, 1.165) is 12.1 Å². The highest BCUT2D eigenvalue weighted by molar-refractivity contribution is 5.85. The van der Waals surface area contributed by atoms with Gasteiger partial charge < -0.3 is 15.0 Å². The fourth-order valence-electron chi connectivity index (χ4n) is 2.66. The van der Waals surface area contributed by atoms with Gasteiger partial charge in [-0.05, 0) is 24.3 Å². The minimum absolute atomic E-state index is 0.0208. The fourth-order valence-corrected chi connectivity index (χ4v) is 2.66. The van der Waals surface area contributed by atoms with Crippen LogP contribution in [0, 0.1) is 23.4 Å². The van der Waals surface area contributed by atoms with E-state index in [1.165, 1.54) is 29.2 Å². The van der Waals surface area contributed by atoms with Crippen LogP contribution in [0.3, 0.4) is 0 Å². The van der Waals surface area contributed by atoms with Crippen LogP contribution in [0.1, 0.15) is 5.56 Å². The minimum atomic E-state index is -0.731. The van der Waals surface area contributed by atoms with Gasteiger partial charge in [0.05, 0.1) is 5.92 Å². The fraction of sp³-hybridized carbons (Fsp3) is 0.263. The van der Waals surface area contributed by atoms with Gasteiger partial charge in [0.25, 0.3) is 5.91 Å². The molecule has 3 rings (SSSR count). The Bertz CT molecular complexity index is 834. The van der Waals surface area contributed by atoms with Gasteiger partial charge in [-0.15, -0.1) is 0 Å². The number of benzene rings is 2. The molecule has 1 heterocycles. The van der Waals surface area contributed by atoms with Crippen molar-refractivity contribution in [3.63, 3.8) is 0 Å². The van der Waals surface area contributed by atoms with E-state index in [9.17, 15) is 22.8 Å². The third-order valence-electron chi connectivity index (χ3n) is 4.29. The average molecular weight is 378 g/mol. The second-order valence-corrected chi connectivity index (χ2v) is 6.13. The van der Waals surface area contributed by atoms with Gasteiger partial charge in [0, 0.05) is 25.2 Å². The first kappa shape index (κ1) is 18.8. The second-order valence-electron chi connectivity index (χ2n) is 6.13. The lowest BCUT2D eigenvalue weighted by Crippen LogP contribution is -2.56. The number of rotatable bonds is 6. The van der Waals surface area contributed by atoms with E-state index in [4.69, 9.17) is 4.74 Å². The average Bonchev–Trinajstić information content (AvgIpc) is 2.59. The van der Waals surface area contributed by atoms with Gasteiger partial charge in [0.1, 0.15) is 11.6 Å². The number of para-hydroxylation sites is 1. The molecule has 8 heteroatoms. The largest absolute Gasteiger partial charge is 0.481 e. The molecule has 1 fully saturated rings. The van der Waals surface area contributed by atoms with Gasteiger partial charge in [0.2, 0.25) is 5.91 Å². The maximum absolute atomic E-state index is 13.5. The molecule has 142 valence electrons. The molecule has 27 heavy (non-hydrogen) atoms. The SMILES string of the molecule is O=C(NCc1c(F)cccc1F)C1CN(C(=O)COc2ccccc2F)C1. The summed E-state index contributed by atoms with van der Waals surface area (Å²) in [7, 11) is 0. The zero-order chi connectivity index (χ0) is 19.4. The number of ether oxygens (including phenoxy) is 1. The molecule has 0 aliphatic carbocycles. The van der Waals surface area contributed by atoms with Gasteiger partial charge in [-0.25, -0.2) is 13.2 Å². The second kappa shape index (κ2) is 8.11. The molecule has 1 N–H and O–H groups in total. The molecule has 0 unspecified atom stereocenters. The van der Waals surface area contributed by atoms with E-state index in [1.807, 2.05) is 0 Å². The first-order valence-electron chi connectivity index (χ1n) is 8.31. The van der Waals surface area contributed by atoms with Crippen LogP contribution < -0.4 is 10.1 Å². The lowest BCUT2D eigenvalue weighted by Gasteiger charge is -2.38. The van der Waals surface area contributed by atoms with Crippen molar-refractivity contribution in [3.8, 4) is 5.75 Å². The van der Waals surface area contributed by atoms with E-state index in [0.29, 0.717) is 0 Å². The summed E-state index contributed by atoms with van der Waals surface area (Å²) >= 11 is 0. The molecule has 0 atom stereocenters. The smallest absolute Gasteiger partial charge is 0.260 e. The van der Waals surface area contributed by atoms with E-state index in [2.05, 4.69) is 5.32 Å². The maximum Gasteiger partial charge on any atom is 0.260 e. The van der Waals surface area contributed by atoms with Crippen molar-refractivity contribution in [2.24, 2.45) is 5.92 Å².